The Labute approximate surface area is 165 Å². The van der Waals surface area contributed by atoms with Gasteiger partial charge in [-0.25, -0.2) is 0 Å². The second kappa shape index (κ2) is 9.09. The molecule has 1 unspecified atom stereocenters. The maximum Gasteiger partial charge on any atom is 0.253 e. The summed E-state index contributed by atoms with van der Waals surface area (Å²) in [4.78, 5) is 24.8. The number of fused-ring (bicyclic) bond motifs is 1. The van der Waals surface area contributed by atoms with Crippen LogP contribution < -0.4 is 10.6 Å². The Bertz CT molecular complexity index is 819. The molecule has 0 saturated heterocycles. The van der Waals surface area contributed by atoms with Gasteiger partial charge in [0.2, 0.25) is 5.91 Å². The van der Waals surface area contributed by atoms with Crippen molar-refractivity contribution in [2.24, 2.45) is 0 Å². The number of rotatable bonds is 6. The van der Waals surface area contributed by atoms with Crippen molar-refractivity contribution in [2.75, 3.05) is 11.1 Å². The molecule has 2 N–H and O–H groups in total. The van der Waals surface area contributed by atoms with E-state index in [4.69, 9.17) is 0 Å². The Kier molecular flexibility index (Phi) is 6.56. The minimum Gasteiger partial charge on any atom is -0.350 e. The second-order valence-electron chi connectivity index (χ2n) is 7.11. The van der Waals surface area contributed by atoms with Crippen molar-refractivity contribution in [1.82, 2.24) is 5.32 Å². The van der Waals surface area contributed by atoms with Gasteiger partial charge in [0.05, 0.1) is 17.0 Å². The number of anilines is 1. The highest BCUT2D eigenvalue weighted by atomic mass is 32.2. The predicted molar refractivity (Wildman–Crippen MR) is 112 cm³/mol. The summed E-state index contributed by atoms with van der Waals surface area (Å²) in [7, 11) is 0. The molecule has 1 aliphatic rings. The fraction of sp³-hybridized carbons (Fsp3) is 0.364. The SMILES string of the molecule is CC(C)NC(=O)c1ccccc1NC(=O)CSC1CCCc2ccccc21. The van der Waals surface area contributed by atoms with Gasteiger partial charge in [0.1, 0.15) is 0 Å². The summed E-state index contributed by atoms with van der Waals surface area (Å²) in [6.07, 6.45) is 3.38. The number of thioether (sulfide) groups is 1. The first kappa shape index (κ1) is 19.5. The molecular formula is C22H26N2O2S. The zero-order valence-corrected chi connectivity index (χ0v) is 16.6. The van der Waals surface area contributed by atoms with Crippen LogP contribution in [0.15, 0.2) is 48.5 Å². The number of nitrogens with one attached hydrogen (secondary N) is 2. The van der Waals surface area contributed by atoms with E-state index in [1.165, 1.54) is 11.1 Å². The summed E-state index contributed by atoms with van der Waals surface area (Å²) in [5, 5.41) is 6.14. The molecule has 0 aromatic heterocycles. The number of benzene rings is 2. The van der Waals surface area contributed by atoms with Gasteiger partial charge in [0.25, 0.3) is 5.91 Å². The zero-order chi connectivity index (χ0) is 19.2. The Balaban J connectivity index is 1.62. The molecule has 1 aliphatic carbocycles. The molecule has 1 atom stereocenters. The van der Waals surface area contributed by atoms with Gasteiger partial charge in [0.15, 0.2) is 0 Å². The molecule has 0 fully saturated rings. The molecule has 3 rings (SSSR count). The van der Waals surface area contributed by atoms with E-state index in [-0.39, 0.29) is 17.9 Å². The highest BCUT2D eigenvalue weighted by Gasteiger charge is 2.21. The van der Waals surface area contributed by atoms with Crippen molar-refractivity contribution in [3.63, 3.8) is 0 Å². The summed E-state index contributed by atoms with van der Waals surface area (Å²) >= 11 is 1.68. The molecule has 0 bridgehead atoms. The van der Waals surface area contributed by atoms with Crippen LogP contribution in [-0.4, -0.2) is 23.6 Å². The Morgan fingerprint density at radius 2 is 1.85 bits per heavy atom. The normalized spacial score (nSPS) is 15.9. The summed E-state index contributed by atoms with van der Waals surface area (Å²) in [6, 6.07) is 15.7. The summed E-state index contributed by atoms with van der Waals surface area (Å²) in [5.74, 6) is 0.127. The molecule has 0 radical (unpaired) electrons. The fourth-order valence-electron chi connectivity index (χ4n) is 3.38. The average molecular weight is 383 g/mol. The van der Waals surface area contributed by atoms with Crippen LogP contribution in [0.4, 0.5) is 5.69 Å². The number of carbonyl (C=O) groups excluding carboxylic acids is 2. The molecule has 0 saturated carbocycles. The third kappa shape index (κ3) is 5.13. The molecule has 27 heavy (non-hydrogen) atoms. The smallest absolute Gasteiger partial charge is 0.253 e. The molecule has 2 aromatic carbocycles. The van der Waals surface area contributed by atoms with Crippen LogP contribution in [0.2, 0.25) is 0 Å². The lowest BCUT2D eigenvalue weighted by molar-refractivity contribution is -0.113. The van der Waals surface area contributed by atoms with Crippen LogP contribution in [0.25, 0.3) is 0 Å². The predicted octanol–water partition coefficient (Wildman–Crippen LogP) is 4.57. The molecule has 5 heteroatoms. The summed E-state index contributed by atoms with van der Waals surface area (Å²) in [6.45, 7) is 3.83. The van der Waals surface area contributed by atoms with Crippen LogP contribution in [0.5, 0.6) is 0 Å². The first-order valence-corrected chi connectivity index (χ1v) is 10.5. The van der Waals surface area contributed by atoms with Crippen LogP contribution in [0.3, 0.4) is 0 Å². The maximum atomic E-state index is 12.5. The van der Waals surface area contributed by atoms with Gasteiger partial charge >= 0.3 is 0 Å². The van der Waals surface area contributed by atoms with E-state index in [0.717, 1.165) is 19.3 Å². The van der Waals surface area contributed by atoms with Gasteiger partial charge in [-0.1, -0.05) is 36.4 Å². The van der Waals surface area contributed by atoms with Gasteiger partial charge in [-0.2, -0.15) is 0 Å². The molecule has 2 amide bonds. The second-order valence-corrected chi connectivity index (χ2v) is 8.30. The fourth-order valence-corrected chi connectivity index (χ4v) is 4.54. The molecule has 4 nitrogen and oxygen atoms in total. The number of hydrogen-bond acceptors (Lipinski definition) is 3. The number of hydrogen-bond donors (Lipinski definition) is 2. The van der Waals surface area contributed by atoms with Crippen LogP contribution in [-0.2, 0) is 11.2 Å². The van der Waals surface area contributed by atoms with Crippen LogP contribution in [0, 0.1) is 0 Å². The van der Waals surface area contributed by atoms with E-state index >= 15 is 0 Å². The third-order valence-electron chi connectivity index (χ3n) is 4.60. The van der Waals surface area contributed by atoms with Gasteiger partial charge in [-0.15, -0.1) is 11.8 Å². The third-order valence-corrected chi connectivity index (χ3v) is 5.92. The summed E-state index contributed by atoms with van der Waals surface area (Å²) < 4.78 is 0. The largest absolute Gasteiger partial charge is 0.350 e. The van der Waals surface area contributed by atoms with E-state index in [2.05, 4.69) is 34.9 Å². The minimum atomic E-state index is -0.172. The van der Waals surface area contributed by atoms with Gasteiger partial charge < -0.3 is 10.6 Å². The van der Waals surface area contributed by atoms with E-state index in [1.807, 2.05) is 19.9 Å². The van der Waals surface area contributed by atoms with E-state index in [0.29, 0.717) is 22.3 Å². The van der Waals surface area contributed by atoms with Gasteiger partial charge in [0, 0.05) is 11.3 Å². The molecule has 0 aliphatic heterocycles. The molecule has 0 heterocycles. The summed E-state index contributed by atoms with van der Waals surface area (Å²) in [5.41, 5.74) is 3.81. The van der Waals surface area contributed by atoms with Crippen molar-refractivity contribution in [2.45, 2.75) is 44.4 Å². The van der Waals surface area contributed by atoms with Crippen LogP contribution >= 0.6 is 11.8 Å². The zero-order valence-electron chi connectivity index (χ0n) is 15.8. The standard InChI is InChI=1S/C22H26N2O2S/c1-15(2)23-22(26)18-11-5-6-12-19(18)24-21(25)14-27-20-13-7-9-16-8-3-4-10-17(16)20/h3-6,8,10-12,15,20H,7,9,13-14H2,1-2H3,(H,23,26)(H,24,25). The lowest BCUT2D eigenvalue weighted by Gasteiger charge is -2.24. The number of aryl methyl sites for hydroxylation is 1. The Hall–Kier alpha value is -2.27. The topological polar surface area (TPSA) is 58.2 Å². The van der Waals surface area contributed by atoms with Crippen LogP contribution in [0.1, 0.15) is 53.4 Å². The Morgan fingerprint density at radius 3 is 2.67 bits per heavy atom. The molecule has 142 valence electrons. The van der Waals surface area contributed by atoms with Crippen molar-refractivity contribution in [1.29, 1.82) is 0 Å². The average Bonchev–Trinajstić information content (AvgIpc) is 2.66. The molecule has 0 spiro atoms. The highest BCUT2D eigenvalue weighted by Crippen LogP contribution is 2.39. The number of para-hydroxylation sites is 1. The first-order valence-electron chi connectivity index (χ1n) is 9.43. The monoisotopic (exact) mass is 382 g/mol. The maximum absolute atomic E-state index is 12.5. The van der Waals surface area contributed by atoms with Gasteiger partial charge in [-0.3, -0.25) is 9.59 Å². The quantitative estimate of drug-likeness (QED) is 0.769. The van der Waals surface area contributed by atoms with E-state index in [1.54, 1.807) is 30.0 Å². The van der Waals surface area contributed by atoms with Crippen molar-refractivity contribution < 1.29 is 9.59 Å². The molecular weight excluding hydrogens is 356 g/mol. The highest BCUT2D eigenvalue weighted by molar-refractivity contribution is 8.00. The first-order chi connectivity index (χ1) is 13.0. The van der Waals surface area contributed by atoms with E-state index < -0.39 is 0 Å². The Morgan fingerprint density at radius 1 is 1.11 bits per heavy atom. The van der Waals surface area contributed by atoms with Crippen molar-refractivity contribution in [3.8, 4) is 0 Å². The number of carbonyl (C=O) groups is 2. The van der Waals surface area contributed by atoms with Gasteiger partial charge in [-0.05, 0) is 56.4 Å². The lowest BCUT2D eigenvalue weighted by atomic mass is 9.91. The number of amides is 2. The molecule has 2 aromatic rings. The van der Waals surface area contributed by atoms with Crippen molar-refractivity contribution >= 4 is 29.3 Å². The van der Waals surface area contributed by atoms with Crippen molar-refractivity contribution in [3.05, 3.63) is 65.2 Å². The minimum absolute atomic E-state index is 0.0446. The lowest BCUT2D eigenvalue weighted by Crippen LogP contribution is -2.31. The van der Waals surface area contributed by atoms with E-state index in [9.17, 15) is 9.59 Å².